The standard InChI is InChI=1S/C13H20BrN3O3/c1-19-7-5-17(6-8-20-2)12-9-10(14)3-4-11(12)13(15)16-18/h3-4,9,18H,5-8H2,1-2H3,(H2,15,16). The first kappa shape index (κ1) is 16.7. The van der Waals surface area contributed by atoms with Crippen LogP contribution >= 0.6 is 15.9 Å². The number of halogens is 1. The van der Waals surface area contributed by atoms with Crippen molar-refractivity contribution in [2.75, 3.05) is 45.4 Å². The predicted octanol–water partition coefficient (Wildman–Crippen LogP) is 1.64. The Labute approximate surface area is 127 Å². The van der Waals surface area contributed by atoms with Gasteiger partial charge in [0.25, 0.3) is 0 Å². The third-order valence-electron chi connectivity index (χ3n) is 2.81. The summed E-state index contributed by atoms with van der Waals surface area (Å²) in [4.78, 5) is 2.07. The van der Waals surface area contributed by atoms with Crippen molar-refractivity contribution < 1.29 is 14.7 Å². The zero-order valence-corrected chi connectivity index (χ0v) is 13.3. The highest BCUT2D eigenvalue weighted by Crippen LogP contribution is 2.25. The molecule has 0 radical (unpaired) electrons. The summed E-state index contributed by atoms with van der Waals surface area (Å²) < 4.78 is 11.2. The lowest BCUT2D eigenvalue weighted by atomic mass is 10.1. The highest BCUT2D eigenvalue weighted by Gasteiger charge is 2.14. The number of ether oxygens (including phenoxy) is 2. The normalized spacial score (nSPS) is 11.7. The van der Waals surface area contributed by atoms with Crippen molar-refractivity contribution in [2.24, 2.45) is 10.9 Å². The van der Waals surface area contributed by atoms with Gasteiger partial charge in [0.05, 0.1) is 13.2 Å². The summed E-state index contributed by atoms with van der Waals surface area (Å²) in [5.74, 6) is 0.0762. The Hall–Kier alpha value is -1.31. The van der Waals surface area contributed by atoms with Crippen LogP contribution < -0.4 is 10.6 Å². The van der Waals surface area contributed by atoms with Crippen LogP contribution in [0.5, 0.6) is 0 Å². The topological polar surface area (TPSA) is 80.3 Å². The van der Waals surface area contributed by atoms with Crippen molar-refractivity contribution in [2.45, 2.75) is 0 Å². The highest BCUT2D eigenvalue weighted by atomic mass is 79.9. The first-order valence-electron chi connectivity index (χ1n) is 6.14. The van der Waals surface area contributed by atoms with Crippen LogP contribution in [0.4, 0.5) is 5.69 Å². The first-order chi connectivity index (χ1) is 9.63. The lowest BCUT2D eigenvalue weighted by Gasteiger charge is -2.26. The molecule has 0 aliphatic carbocycles. The Morgan fingerprint density at radius 1 is 1.30 bits per heavy atom. The molecule has 20 heavy (non-hydrogen) atoms. The minimum absolute atomic E-state index is 0.0762. The summed E-state index contributed by atoms with van der Waals surface area (Å²) >= 11 is 3.44. The van der Waals surface area contributed by atoms with Gasteiger partial charge >= 0.3 is 0 Å². The van der Waals surface area contributed by atoms with E-state index in [1.807, 2.05) is 12.1 Å². The van der Waals surface area contributed by atoms with Gasteiger partial charge in [-0.25, -0.2) is 0 Å². The van der Waals surface area contributed by atoms with Crippen LogP contribution in [-0.4, -0.2) is 51.6 Å². The maximum Gasteiger partial charge on any atom is 0.172 e. The molecule has 0 heterocycles. The lowest BCUT2D eigenvalue weighted by molar-refractivity contribution is 0.190. The average molecular weight is 346 g/mol. The summed E-state index contributed by atoms with van der Waals surface area (Å²) in [5, 5.41) is 12.0. The van der Waals surface area contributed by atoms with Crippen LogP contribution in [0, 0.1) is 0 Å². The van der Waals surface area contributed by atoms with Crippen LogP contribution in [0.2, 0.25) is 0 Å². The third-order valence-corrected chi connectivity index (χ3v) is 3.31. The van der Waals surface area contributed by atoms with E-state index in [1.54, 1.807) is 20.3 Å². The molecule has 0 saturated heterocycles. The summed E-state index contributed by atoms with van der Waals surface area (Å²) in [7, 11) is 3.31. The molecule has 0 aliphatic heterocycles. The molecule has 0 atom stereocenters. The number of rotatable bonds is 8. The Kier molecular flexibility index (Phi) is 7.35. The second kappa shape index (κ2) is 8.78. The number of hydrogen-bond donors (Lipinski definition) is 2. The fraction of sp³-hybridized carbons (Fsp3) is 0.462. The minimum atomic E-state index is 0.0762. The predicted molar refractivity (Wildman–Crippen MR) is 82.6 cm³/mol. The molecule has 0 unspecified atom stereocenters. The molecule has 0 aliphatic rings. The monoisotopic (exact) mass is 345 g/mol. The highest BCUT2D eigenvalue weighted by molar-refractivity contribution is 9.10. The van der Waals surface area contributed by atoms with Gasteiger partial charge < -0.3 is 25.3 Å². The maximum atomic E-state index is 8.90. The molecule has 1 aromatic rings. The van der Waals surface area contributed by atoms with Crippen molar-refractivity contribution in [3.8, 4) is 0 Å². The molecular formula is C13H20BrN3O3. The van der Waals surface area contributed by atoms with Crippen LogP contribution in [0.1, 0.15) is 5.56 Å². The molecule has 3 N–H and O–H groups in total. The van der Waals surface area contributed by atoms with E-state index in [0.717, 1.165) is 10.2 Å². The largest absolute Gasteiger partial charge is 0.409 e. The van der Waals surface area contributed by atoms with E-state index in [1.165, 1.54) is 0 Å². The fourth-order valence-electron chi connectivity index (χ4n) is 1.79. The van der Waals surface area contributed by atoms with Gasteiger partial charge in [0.2, 0.25) is 0 Å². The number of oxime groups is 1. The van der Waals surface area contributed by atoms with Crippen LogP contribution in [0.3, 0.4) is 0 Å². The molecule has 0 fully saturated rings. The van der Waals surface area contributed by atoms with E-state index >= 15 is 0 Å². The summed E-state index contributed by atoms with van der Waals surface area (Å²) in [6, 6.07) is 5.58. The zero-order chi connectivity index (χ0) is 15.0. The van der Waals surface area contributed by atoms with Gasteiger partial charge in [0, 0.05) is 43.0 Å². The van der Waals surface area contributed by atoms with Crippen molar-refractivity contribution in [3.05, 3.63) is 28.2 Å². The quantitative estimate of drug-likeness (QED) is 0.324. The second-order valence-corrected chi connectivity index (χ2v) is 5.04. The molecule has 0 amide bonds. The number of nitrogens with two attached hydrogens (primary N) is 1. The smallest absolute Gasteiger partial charge is 0.172 e. The Morgan fingerprint density at radius 2 is 1.90 bits per heavy atom. The van der Waals surface area contributed by atoms with Crippen LogP contribution in [-0.2, 0) is 9.47 Å². The van der Waals surface area contributed by atoms with E-state index in [2.05, 4.69) is 26.0 Å². The number of anilines is 1. The Morgan fingerprint density at radius 3 is 2.40 bits per heavy atom. The number of hydrogen-bond acceptors (Lipinski definition) is 5. The molecule has 112 valence electrons. The van der Waals surface area contributed by atoms with Gasteiger partial charge in [-0.05, 0) is 18.2 Å². The molecule has 7 heteroatoms. The van der Waals surface area contributed by atoms with E-state index in [9.17, 15) is 0 Å². The molecule has 6 nitrogen and oxygen atoms in total. The van der Waals surface area contributed by atoms with Gasteiger partial charge in [-0.2, -0.15) is 0 Å². The van der Waals surface area contributed by atoms with Crippen molar-refractivity contribution in [3.63, 3.8) is 0 Å². The van der Waals surface area contributed by atoms with E-state index in [-0.39, 0.29) is 5.84 Å². The van der Waals surface area contributed by atoms with E-state index < -0.39 is 0 Å². The fourth-order valence-corrected chi connectivity index (χ4v) is 2.14. The summed E-state index contributed by atoms with van der Waals surface area (Å²) in [6.45, 7) is 2.52. The van der Waals surface area contributed by atoms with Crippen LogP contribution in [0.25, 0.3) is 0 Å². The number of amidine groups is 1. The minimum Gasteiger partial charge on any atom is -0.409 e. The molecular weight excluding hydrogens is 326 g/mol. The molecule has 0 aromatic heterocycles. The van der Waals surface area contributed by atoms with Crippen molar-refractivity contribution in [1.29, 1.82) is 0 Å². The number of methoxy groups -OCH3 is 2. The Bertz CT molecular complexity index is 446. The first-order valence-corrected chi connectivity index (χ1v) is 6.93. The zero-order valence-electron chi connectivity index (χ0n) is 11.7. The third kappa shape index (κ3) is 4.66. The SMILES string of the molecule is COCCN(CCOC)c1cc(Br)ccc1/C(N)=N/O. The molecule has 0 spiro atoms. The van der Waals surface area contributed by atoms with Gasteiger partial charge in [0.1, 0.15) is 0 Å². The maximum absolute atomic E-state index is 8.90. The van der Waals surface area contributed by atoms with Crippen molar-refractivity contribution >= 4 is 27.5 Å². The van der Waals surface area contributed by atoms with Gasteiger partial charge in [-0.15, -0.1) is 0 Å². The Balaban J connectivity index is 3.11. The van der Waals surface area contributed by atoms with Crippen molar-refractivity contribution in [1.82, 2.24) is 0 Å². The van der Waals surface area contributed by atoms with Gasteiger partial charge in [-0.3, -0.25) is 0 Å². The molecule has 1 rings (SSSR count). The molecule has 0 saturated carbocycles. The summed E-state index contributed by atoms with van der Waals surface area (Å²) in [5.41, 5.74) is 7.27. The van der Waals surface area contributed by atoms with Crippen LogP contribution in [0.15, 0.2) is 27.8 Å². The van der Waals surface area contributed by atoms with Gasteiger partial charge in [0.15, 0.2) is 5.84 Å². The lowest BCUT2D eigenvalue weighted by Crippen LogP contribution is -2.32. The summed E-state index contributed by atoms with van der Waals surface area (Å²) in [6.07, 6.45) is 0. The molecule has 1 aromatic carbocycles. The average Bonchev–Trinajstić information content (AvgIpc) is 2.46. The number of nitrogens with zero attached hydrogens (tertiary/aromatic N) is 2. The second-order valence-electron chi connectivity index (χ2n) is 4.12. The van der Waals surface area contributed by atoms with E-state index in [4.69, 9.17) is 20.4 Å². The van der Waals surface area contributed by atoms with Gasteiger partial charge in [-0.1, -0.05) is 21.1 Å². The van der Waals surface area contributed by atoms with E-state index in [0.29, 0.717) is 31.9 Å². The number of benzene rings is 1. The molecule has 0 bridgehead atoms.